The summed E-state index contributed by atoms with van der Waals surface area (Å²) in [6, 6.07) is 14.2. The van der Waals surface area contributed by atoms with E-state index in [0.717, 1.165) is 81.6 Å². The fourth-order valence-electron chi connectivity index (χ4n) is 3.98. The molecule has 5 heteroatoms. The number of amides is 1. The lowest BCUT2D eigenvalue weighted by Crippen LogP contribution is -2.25. The number of nitrogens with zero attached hydrogens (tertiary/aromatic N) is 1. The number of hydrogen-bond donors (Lipinski definition) is 2. The van der Waals surface area contributed by atoms with Crippen LogP contribution in [0.4, 0.5) is 5.69 Å². The first-order valence-electron chi connectivity index (χ1n) is 13.7. The molecule has 0 fully saturated rings. The second-order valence-electron chi connectivity index (χ2n) is 8.75. The van der Waals surface area contributed by atoms with Crippen LogP contribution in [0.1, 0.15) is 87.2 Å². The molecule has 2 N–H and O–H groups in total. The first-order valence-corrected chi connectivity index (χ1v) is 14.3. The van der Waals surface area contributed by atoms with Gasteiger partial charge in [0.05, 0.1) is 12.3 Å². The highest BCUT2D eigenvalue weighted by Crippen LogP contribution is 2.30. The molecule has 4 nitrogen and oxygen atoms in total. The third kappa shape index (κ3) is 12.5. The first kappa shape index (κ1) is 31.6. The van der Waals surface area contributed by atoms with Gasteiger partial charge in [-0.15, -0.1) is 0 Å². The molecule has 2 aromatic rings. The Bertz CT molecular complexity index is 898. The Hall–Kier alpha value is -2.40. The van der Waals surface area contributed by atoms with Gasteiger partial charge in [-0.1, -0.05) is 55.8 Å². The summed E-state index contributed by atoms with van der Waals surface area (Å²) in [6.45, 7) is 10.7. The zero-order valence-electron chi connectivity index (χ0n) is 23.0. The molecule has 0 saturated heterocycles. The SMILES string of the molecule is CC.CCN(CCCC/C=C/CCCS)c1cc(C(N)=O)ccc1OCCCCc1cccc(C)c1. The zero-order chi connectivity index (χ0) is 26.6. The average Bonchev–Trinajstić information content (AvgIpc) is 2.89. The number of nitrogens with two attached hydrogens (primary N) is 1. The van der Waals surface area contributed by atoms with Crippen LogP contribution in [0.15, 0.2) is 54.6 Å². The molecule has 0 unspecified atom stereocenters. The van der Waals surface area contributed by atoms with E-state index in [1.807, 2.05) is 26.0 Å². The molecule has 0 radical (unpaired) electrons. The minimum absolute atomic E-state index is 0.409. The van der Waals surface area contributed by atoms with Gasteiger partial charge in [0.25, 0.3) is 0 Å². The predicted molar refractivity (Wildman–Crippen MR) is 160 cm³/mol. The van der Waals surface area contributed by atoms with Gasteiger partial charge in [0.1, 0.15) is 5.75 Å². The molecule has 0 aliphatic rings. The second kappa shape index (κ2) is 19.7. The topological polar surface area (TPSA) is 55.6 Å². The molecule has 0 aromatic heterocycles. The van der Waals surface area contributed by atoms with E-state index < -0.39 is 5.91 Å². The maximum absolute atomic E-state index is 11.8. The van der Waals surface area contributed by atoms with Crippen LogP contribution in [0.2, 0.25) is 0 Å². The number of aryl methyl sites for hydroxylation is 2. The number of rotatable bonds is 17. The van der Waals surface area contributed by atoms with Crippen LogP contribution in [-0.4, -0.2) is 31.4 Å². The van der Waals surface area contributed by atoms with Crippen molar-refractivity contribution in [2.45, 2.75) is 79.1 Å². The highest BCUT2D eigenvalue weighted by atomic mass is 32.1. The van der Waals surface area contributed by atoms with Gasteiger partial charge in [-0.2, -0.15) is 12.6 Å². The van der Waals surface area contributed by atoms with Gasteiger partial charge in [-0.25, -0.2) is 0 Å². The lowest BCUT2D eigenvalue weighted by atomic mass is 10.1. The number of benzene rings is 2. The molecule has 0 spiro atoms. The Labute approximate surface area is 225 Å². The summed E-state index contributed by atoms with van der Waals surface area (Å²) < 4.78 is 6.19. The predicted octanol–water partition coefficient (Wildman–Crippen LogP) is 7.78. The lowest BCUT2D eigenvalue weighted by molar-refractivity contribution is 0.1000. The van der Waals surface area contributed by atoms with Crippen LogP contribution in [0, 0.1) is 6.92 Å². The summed E-state index contributed by atoms with van der Waals surface area (Å²) in [4.78, 5) is 14.1. The number of primary amides is 1. The van der Waals surface area contributed by atoms with Gasteiger partial charge in [0.15, 0.2) is 0 Å². The van der Waals surface area contributed by atoms with Gasteiger partial charge in [-0.3, -0.25) is 4.79 Å². The number of anilines is 1. The number of ether oxygens (including phenoxy) is 1. The van der Waals surface area contributed by atoms with Crippen LogP contribution >= 0.6 is 12.6 Å². The molecule has 2 rings (SSSR count). The number of thiol groups is 1. The van der Waals surface area contributed by atoms with Crippen molar-refractivity contribution in [1.82, 2.24) is 0 Å². The number of allylic oxidation sites excluding steroid dienone is 2. The maximum Gasteiger partial charge on any atom is 0.248 e. The van der Waals surface area contributed by atoms with Crippen LogP contribution < -0.4 is 15.4 Å². The van der Waals surface area contributed by atoms with E-state index in [1.165, 1.54) is 11.1 Å². The molecule has 0 bridgehead atoms. The van der Waals surface area contributed by atoms with E-state index in [2.05, 4.69) is 67.8 Å². The maximum atomic E-state index is 11.8. The van der Waals surface area contributed by atoms with Crippen molar-refractivity contribution < 1.29 is 9.53 Å². The molecule has 200 valence electrons. The highest BCUT2D eigenvalue weighted by Gasteiger charge is 2.14. The highest BCUT2D eigenvalue weighted by molar-refractivity contribution is 7.80. The molecule has 0 saturated carbocycles. The van der Waals surface area contributed by atoms with Gasteiger partial charge >= 0.3 is 0 Å². The zero-order valence-corrected chi connectivity index (χ0v) is 23.9. The van der Waals surface area contributed by atoms with E-state index in [9.17, 15) is 4.79 Å². The number of hydrogen-bond acceptors (Lipinski definition) is 4. The van der Waals surface area contributed by atoms with E-state index in [1.54, 1.807) is 6.07 Å². The van der Waals surface area contributed by atoms with Gasteiger partial charge in [0.2, 0.25) is 5.91 Å². The molecule has 0 atom stereocenters. The minimum atomic E-state index is -0.409. The standard InChI is InChI=1S/C29H42N2O2S.C2H6/c1-3-31(19-10-7-5-4-6-8-12-21-34)27-23-26(29(30)32)17-18-28(27)33-20-11-9-15-25-16-13-14-24(2)22-25;1-2/h4,6,13-14,16-18,22-23,34H,3,5,7-12,15,19-21H2,1-2H3,(H2,30,32);1-2H3/b6-4+;. The molecule has 0 heterocycles. The van der Waals surface area contributed by atoms with Gasteiger partial charge < -0.3 is 15.4 Å². The summed E-state index contributed by atoms with van der Waals surface area (Å²) in [5.74, 6) is 1.36. The van der Waals surface area contributed by atoms with Gasteiger partial charge in [0, 0.05) is 18.7 Å². The largest absolute Gasteiger partial charge is 0.491 e. The number of carbonyl (C=O) groups excluding carboxylic acids is 1. The lowest BCUT2D eigenvalue weighted by Gasteiger charge is -2.26. The molecule has 36 heavy (non-hydrogen) atoms. The number of carbonyl (C=O) groups is 1. The summed E-state index contributed by atoms with van der Waals surface area (Å²) in [7, 11) is 0. The monoisotopic (exact) mass is 512 g/mol. The first-order chi connectivity index (χ1) is 17.5. The van der Waals surface area contributed by atoms with Crippen molar-refractivity contribution in [3.63, 3.8) is 0 Å². The third-order valence-electron chi connectivity index (χ3n) is 5.91. The Balaban J connectivity index is 0.00000316. The van der Waals surface area contributed by atoms with Crippen molar-refractivity contribution in [1.29, 1.82) is 0 Å². The van der Waals surface area contributed by atoms with Crippen LogP contribution in [-0.2, 0) is 6.42 Å². The fourth-order valence-corrected chi connectivity index (χ4v) is 4.16. The van der Waals surface area contributed by atoms with Crippen LogP contribution in [0.5, 0.6) is 5.75 Å². The van der Waals surface area contributed by atoms with Crippen LogP contribution in [0.3, 0.4) is 0 Å². The van der Waals surface area contributed by atoms with Crippen molar-refractivity contribution in [2.24, 2.45) is 5.73 Å². The summed E-state index contributed by atoms with van der Waals surface area (Å²) in [6.07, 6.45) is 13.2. The molecule has 0 aliphatic carbocycles. The third-order valence-corrected chi connectivity index (χ3v) is 6.23. The summed E-state index contributed by atoms with van der Waals surface area (Å²) in [5.41, 5.74) is 9.72. The van der Waals surface area contributed by atoms with E-state index in [-0.39, 0.29) is 0 Å². The van der Waals surface area contributed by atoms with E-state index in [0.29, 0.717) is 12.2 Å². The Kier molecular flexibility index (Phi) is 17.4. The quantitative estimate of drug-likeness (QED) is 0.129. The minimum Gasteiger partial charge on any atom is -0.491 e. The Morgan fingerprint density at radius 3 is 2.42 bits per heavy atom. The second-order valence-corrected chi connectivity index (χ2v) is 9.20. The Morgan fingerprint density at radius 2 is 1.75 bits per heavy atom. The molecule has 0 aliphatic heterocycles. The van der Waals surface area contributed by atoms with Crippen molar-refractivity contribution in [3.8, 4) is 5.75 Å². The molecule has 2 aromatic carbocycles. The normalized spacial score (nSPS) is 10.7. The summed E-state index contributed by atoms with van der Waals surface area (Å²) in [5, 5.41) is 0. The molecule has 1 amide bonds. The fraction of sp³-hybridized carbons (Fsp3) is 0.516. The van der Waals surface area contributed by atoms with E-state index >= 15 is 0 Å². The van der Waals surface area contributed by atoms with Crippen molar-refractivity contribution in [2.75, 3.05) is 30.3 Å². The van der Waals surface area contributed by atoms with E-state index in [4.69, 9.17) is 10.5 Å². The molecular weight excluding hydrogens is 464 g/mol. The van der Waals surface area contributed by atoms with Crippen LogP contribution in [0.25, 0.3) is 0 Å². The smallest absolute Gasteiger partial charge is 0.248 e. The van der Waals surface area contributed by atoms with Crippen molar-refractivity contribution in [3.05, 3.63) is 71.3 Å². The number of unbranched alkanes of at least 4 members (excludes halogenated alkanes) is 4. The Morgan fingerprint density at radius 1 is 1.00 bits per heavy atom. The average molecular weight is 513 g/mol. The van der Waals surface area contributed by atoms with Gasteiger partial charge in [-0.05, 0) is 94.7 Å². The molecular formula is C31H48N2O2S. The van der Waals surface area contributed by atoms with Crippen molar-refractivity contribution >= 4 is 24.2 Å². The summed E-state index contributed by atoms with van der Waals surface area (Å²) >= 11 is 4.25.